The molecule has 0 aliphatic rings. The molecular formula is C30H30Cl2N6O. The minimum atomic E-state index is -1.07. The van der Waals surface area contributed by atoms with Crippen molar-refractivity contribution in [2.75, 3.05) is 0 Å². The van der Waals surface area contributed by atoms with Gasteiger partial charge >= 0.3 is 0 Å². The summed E-state index contributed by atoms with van der Waals surface area (Å²) in [5.74, 6) is 1.13. The molecule has 39 heavy (non-hydrogen) atoms. The molecule has 1 amide bonds. The van der Waals surface area contributed by atoms with Crippen molar-refractivity contribution in [2.24, 2.45) is 5.73 Å². The number of hydrogen-bond acceptors (Lipinski definition) is 4. The number of benzene rings is 3. The number of hydrogen-bond donors (Lipinski definition) is 3. The van der Waals surface area contributed by atoms with Crippen LogP contribution >= 0.6 is 23.2 Å². The van der Waals surface area contributed by atoms with E-state index in [0.29, 0.717) is 35.3 Å². The third-order valence-corrected chi connectivity index (χ3v) is 7.43. The molecule has 0 saturated heterocycles. The number of nitrogens with zero attached hydrogens (tertiary/aromatic N) is 3. The molecule has 2 heterocycles. The number of nitrogens with two attached hydrogens (primary N) is 1. The van der Waals surface area contributed by atoms with Crippen LogP contribution in [0.25, 0.3) is 10.9 Å². The number of aromatic amines is 1. The summed E-state index contributed by atoms with van der Waals surface area (Å²) >= 11 is 12.5. The SMILES string of the molecule is CC(C)(N)C(=O)NC(Cc1c[nH]c2ccccc12)c1nnc(Cc2ccccc2)n1Cc1ccc(Cl)c(Cl)c1. The first kappa shape index (κ1) is 26.9. The molecule has 5 aromatic rings. The molecule has 0 radical (unpaired) electrons. The molecule has 9 heteroatoms. The molecule has 0 aliphatic carbocycles. The number of halogens is 2. The quantitative estimate of drug-likeness (QED) is 0.210. The summed E-state index contributed by atoms with van der Waals surface area (Å²) in [5.41, 5.74) is 9.24. The molecule has 0 aliphatic heterocycles. The lowest BCUT2D eigenvalue weighted by Crippen LogP contribution is -2.50. The van der Waals surface area contributed by atoms with E-state index >= 15 is 0 Å². The molecule has 2 aromatic heterocycles. The second-order valence-electron chi connectivity index (χ2n) is 10.3. The van der Waals surface area contributed by atoms with E-state index in [0.717, 1.165) is 33.4 Å². The van der Waals surface area contributed by atoms with E-state index in [1.54, 1.807) is 19.9 Å². The monoisotopic (exact) mass is 560 g/mol. The lowest BCUT2D eigenvalue weighted by molar-refractivity contribution is -0.126. The summed E-state index contributed by atoms with van der Waals surface area (Å²) in [6, 6.07) is 23.2. The summed E-state index contributed by atoms with van der Waals surface area (Å²) in [6.45, 7) is 3.83. The van der Waals surface area contributed by atoms with Gasteiger partial charge in [-0.1, -0.05) is 77.8 Å². The van der Waals surface area contributed by atoms with E-state index in [1.807, 2.05) is 54.7 Å². The number of carbonyl (C=O) groups is 1. The van der Waals surface area contributed by atoms with Gasteiger partial charge in [-0.05, 0) is 48.7 Å². The maximum Gasteiger partial charge on any atom is 0.240 e. The Balaban J connectivity index is 1.59. The fraction of sp³-hybridized carbons (Fsp3) is 0.233. The summed E-state index contributed by atoms with van der Waals surface area (Å²) in [5, 5.41) is 14.4. The number of H-pyrrole nitrogens is 1. The number of fused-ring (bicyclic) bond motifs is 1. The highest BCUT2D eigenvalue weighted by Crippen LogP contribution is 2.27. The van der Waals surface area contributed by atoms with Gasteiger partial charge in [-0.15, -0.1) is 10.2 Å². The van der Waals surface area contributed by atoms with Crippen molar-refractivity contribution in [3.05, 3.63) is 117 Å². The van der Waals surface area contributed by atoms with Gasteiger partial charge in [0.05, 0.1) is 28.2 Å². The Morgan fingerprint density at radius 3 is 2.49 bits per heavy atom. The maximum absolute atomic E-state index is 13.2. The van der Waals surface area contributed by atoms with Gasteiger partial charge in [-0.3, -0.25) is 4.79 Å². The van der Waals surface area contributed by atoms with E-state index in [-0.39, 0.29) is 5.91 Å². The minimum absolute atomic E-state index is 0.277. The Labute approximate surface area is 237 Å². The Kier molecular flexibility index (Phi) is 7.75. The van der Waals surface area contributed by atoms with E-state index in [1.165, 1.54) is 0 Å². The lowest BCUT2D eigenvalue weighted by atomic mass is 10.0. The molecule has 7 nitrogen and oxygen atoms in total. The minimum Gasteiger partial charge on any atom is -0.361 e. The van der Waals surface area contributed by atoms with Crippen molar-refractivity contribution in [2.45, 2.75) is 44.8 Å². The van der Waals surface area contributed by atoms with Crippen LogP contribution < -0.4 is 11.1 Å². The van der Waals surface area contributed by atoms with E-state index in [2.05, 4.69) is 43.3 Å². The first-order valence-corrected chi connectivity index (χ1v) is 13.5. The highest BCUT2D eigenvalue weighted by Gasteiger charge is 2.29. The summed E-state index contributed by atoms with van der Waals surface area (Å²) < 4.78 is 2.05. The molecular weight excluding hydrogens is 531 g/mol. The van der Waals surface area contributed by atoms with Crippen LogP contribution in [-0.4, -0.2) is 31.2 Å². The fourth-order valence-corrected chi connectivity index (χ4v) is 4.90. The van der Waals surface area contributed by atoms with Crippen LogP contribution in [0.4, 0.5) is 0 Å². The van der Waals surface area contributed by atoms with Gasteiger partial charge in [0.1, 0.15) is 5.82 Å². The van der Waals surface area contributed by atoms with Gasteiger partial charge in [-0.2, -0.15) is 0 Å². The van der Waals surface area contributed by atoms with Gasteiger partial charge in [0.2, 0.25) is 5.91 Å². The third kappa shape index (κ3) is 6.17. The van der Waals surface area contributed by atoms with E-state index < -0.39 is 11.6 Å². The van der Waals surface area contributed by atoms with Crippen LogP contribution in [0.5, 0.6) is 0 Å². The van der Waals surface area contributed by atoms with Gasteiger partial charge in [0.25, 0.3) is 0 Å². The Bertz CT molecular complexity index is 1600. The zero-order chi connectivity index (χ0) is 27.6. The molecule has 1 unspecified atom stereocenters. The van der Waals surface area contributed by atoms with Crippen molar-refractivity contribution in [3.8, 4) is 0 Å². The van der Waals surface area contributed by atoms with Crippen molar-refractivity contribution < 1.29 is 4.79 Å². The predicted octanol–water partition coefficient (Wildman–Crippen LogP) is 5.84. The van der Waals surface area contributed by atoms with Crippen LogP contribution in [0, 0.1) is 0 Å². The number of nitrogens with one attached hydrogen (secondary N) is 2. The largest absolute Gasteiger partial charge is 0.361 e. The first-order chi connectivity index (χ1) is 18.7. The van der Waals surface area contributed by atoms with Crippen LogP contribution in [0.1, 0.15) is 48.2 Å². The maximum atomic E-state index is 13.2. The number of amides is 1. The second-order valence-corrected chi connectivity index (χ2v) is 11.1. The summed E-state index contributed by atoms with van der Waals surface area (Å²) in [6.07, 6.45) is 3.05. The van der Waals surface area contributed by atoms with Crippen molar-refractivity contribution in [1.29, 1.82) is 0 Å². The smallest absolute Gasteiger partial charge is 0.240 e. The van der Waals surface area contributed by atoms with Crippen LogP contribution in [-0.2, 0) is 24.2 Å². The van der Waals surface area contributed by atoms with Crippen molar-refractivity contribution in [1.82, 2.24) is 25.1 Å². The molecule has 3 aromatic carbocycles. The zero-order valence-electron chi connectivity index (χ0n) is 21.8. The van der Waals surface area contributed by atoms with Gasteiger partial charge in [-0.25, -0.2) is 0 Å². The molecule has 200 valence electrons. The lowest BCUT2D eigenvalue weighted by Gasteiger charge is -2.25. The number of para-hydroxylation sites is 1. The molecule has 4 N–H and O–H groups in total. The second kappa shape index (κ2) is 11.2. The summed E-state index contributed by atoms with van der Waals surface area (Å²) in [4.78, 5) is 16.5. The van der Waals surface area contributed by atoms with Gasteiger partial charge in [0.15, 0.2) is 5.82 Å². The average Bonchev–Trinajstić information content (AvgIpc) is 3.50. The first-order valence-electron chi connectivity index (χ1n) is 12.7. The van der Waals surface area contributed by atoms with Gasteiger partial charge in [0, 0.05) is 29.9 Å². The van der Waals surface area contributed by atoms with E-state index in [4.69, 9.17) is 28.9 Å². The molecule has 0 bridgehead atoms. The number of carbonyl (C=O) groups excluding carboxylic acids is 1. The molecule has 1 atom stereocenters. The number of rotatable bonds is 9. The highest BCUT2D eigenvalue weighted by molar-refractivity contribution is 6.42. The predicted molar refractivity (Wildman–Crippen MR) is 156 cm³/mol. The third-order valence-electron chi connectivity index (χ3n) is 6.69. The molecule has 0 fully saturated rings. The Morgan fingerprint density at radius 2 is 1.74 bits per heavy atom. The molecule has 0 saturated carbocycles. The van der Waals surface area contributed by atoms with Crippen LogP contribution in [0.2, 0.25) is 10.0 Å². The standard InChI is InChI=1S/C30H30Cl2N6O/c1-30(2,33)29(39)35-26(16-21-17-34-25-11-7-6-10-22(21)25)28-37-36-27(15-19-8-4-3-5-9-19)38(28)18-20-12-13-23(31)24(32)14-20/h3-14,17,26,34H,15-16,18,33H2,1-2H3,(H,35,39). The number of aromatic nitrogens is 4. The molecule has 5 rings (SSSR count). The highest BCUT2D eigenvalue weighted by atomic mass is 35.5. The fourth-order valence-electron chi connectivity index (χ4n) is 4.58. The average molecular weight is 562 g/mol. The molecule has 0 spiro atoms. The Morgan fingerprint density at radius 1 is 1.00 bits per heavy atom. The zero-order valence-corrected chi connectivity index (χ0v) is 23.3. The van der Waals surface area contributed by atoms with E-state index in [9.17, 15) is 4.79 Å². The Hall–Kier alpha value is -3.65. The topological polar surface area (TPSA) is 102 Å². The van der Waals surface area contributed by atoms with Crippen LogP contribution in [0.15, 0.2) is 79.0 Å². The van der Waals surface area contributed by atoms with Crippen molar-refractivity contribution in [3.63, 3.8) is 0 Å². The van der Waals surface area contributed by atoms with Crippen LogP contribution in [0.3, 0.4) is 0 Å². The summed E-state index contributed by atoms with van der Waals surface area (Å²) in [7, 11) is 0. The normalized spacial score (nSPS) is 12.5. The van der Waals surface area contributed by atoms with Gasteiger partial charge < -0.3 is 20.6 Å². The van der Waals surface area contributed by atoms with Crippen molar-refractivity contribution >= 4 is 40.0 Å².